The van der Waals surface area contributed by atoms with Crippen molar-refractivity contribution < 1.29 is 14.4 Å². The Bertz CT molecular complexity index is 2390. The summed E-state index contributed by atoms with van der Waals surface area (Å²) >= 11 is 8.45. The monoisotopic (exact) mass is 834 g/mol. The van der Waals surface area contributed by atoms with Crippen LogP contribution in [0, 0.1) is 0 Å². The van der Waals surface area contributed by atoms with E-state index in [0.29, 0.717) is 66.1 Å². The van der Waals surface area contributed by atoms with Crippen molar-refractivity contribution in [3.05, 3.63) is 107 Å². The quantitative estimate of drug-likeness (QED) is 0.103. The van der Waals surface area contributed by atoms with Crippen molar-refractivity contribution in [2.75, 3.05) is 20.1 Å². The molecule has 306 valence electrons. The molecule has 0 saturated carbocycles. The summed E-state index contributed by atoms with van der Waals surface area (Å²) in [5, 5.41) is 26.1. The normalized spacial score (nSPS) is 18.2. The summed E-state index contributed by atoms with van der Waals surface area (Å²) in [6.07, 6.45) is 5.57. The summed E-state index contributed by atoms with van der Waals surface area (Å²) in [7, 11) is 1.61. The Balaban J connectivity index is 1.33. The summed E-state index contributed by atoms with van der Waals surface area (Å²) in [6.45, 7) is 1.08. The van der Waals surface area contributed by atoms with Crippen molar-refractivity contribution in [2.45, 2.75) is 73.2 Å². The summed E-state index contributed by atoms with van der Waals surface area (Å²) in [5.41, 5.74) is 17.7. The van der Waals surface area contributed by atoms with Crippen LogP contribution < -0.4 is 27.4 Å². The van der Waals surface area contributed by atoms with Gasteiger partial charge >= 0.3 is 0 Å². The Kier molecular flexibility index (Phi) is 13.6. The number of hydrogen-bond acceptors (Lipinski definition) is 11. The SMILES string of the molecule is CN1C(=O)[C@H](CCCN)NC(=O)[C@H](CCCN)NCc2cccnc2Sc2c(Cl)ccc(-c3ccc(-c4nn[nH]n4)cc3)c2CNC(=O)[C@@H]1Cc1c[nH]c2ccccc12. The zero-order valence-electron chi connectivity index (χ0n) is 32.6. The molecule has 17 heteroatoms. The number of carbonyl (C=O) groups is 3. The summed E-state index contributed by atoms with van der Waals surface area (Å²) in [4.78, 5) is 53.6. The summed E-state index contributed by atoms with van der Waals surface area (Å²) in [5.74, 6) is -0.658. The van der Waals surface area contributed by atoms with Gasteiger partial charge in [0.1, 0.15) is 17.1 Å². The number of rotatable bonds is 10. The van der Waals surface area contributed by atoms with Crippen molar-refractivity contribution in [3.63, 3.8) is 0 Å². The summed E-state index contributed by atoms with van der Waals surface area (Å²) in [6, 6.07) is 20.5. The van der Waals surface area contributed by atoms with Crippen LogP contribution in [0.5, 0.6) is 0 Å². The lowest BCUT2D eigenvalue weighted by atomic mass is 9.97. The second kappa shape index (κ2) is 19.4. The number of aromatic nitrogens is 6. The van der Waals surface area contributed by atoms with Crippen LogP contribution in [0.25, 0.3) is 33.4 Å². The van der Waals surface area contributed by atoms with E-state index in [1.807, 2.05) is 79.0 Å². The number of likely N-dealkylation sites (N-methyl/N-ethyl adjacent to an activating group) is 1. The largest absolute Gasteiger partial charge is 0.361 e. The third kappa shape index (κ3) is 9.64. The lowest BCUT2D eigenvalue weighted by Gasteiger charge is -2.32. The van der Waals surface area contributed by atoms with Crippen LogP contribution in [0.3, 0.4) is 0 Å². The van der Waals surface area contributed by atoms with Crippen LogP contribution in [0.15, 0.2) is 95.1 Å². The average Bonchev–Trinajstić information content (AvgIpc) is 3.95. The molecule has 0 aliphatic carbocycles. The number of halogens is 1. The van der Waals surface area contributed by atoms with Gasteiger partial charge in [-0.25, -0.2) is 4.98 Å². The predicted octanol–water partition coefficient (Wildman–Crippen LogP) is 4.33. The molecule has 0 fully saturated rings. The lowest BCUT2D eigenvalue weighted by molar-refractivity contribution is -0.142. The highest BCUT2D eigenvalue weighted by molar-refractivity contribution is 7.99. The second-order valence-corrected chi connectivity index (χ2v) is 15.8. The van der Waals surface area contributed by atoms with Crippen molar-refractivity contribution in [1.82, 2.24) is 51.4 Å². The van der Waals surface area contributed by atoms with Crippen LogP contribution in [-0.2, 0) is 33.9 Å². The van der Waals surface area contributed by atoms with Gasteiger partial charge in [0.05, 0.1) is 11.1 Å². The minimum atomic E-state index is -0.962. The number of tetrazole rings is 1. The van der Waals surface area contributed by atoms with Gasteiger partial charge in [-0.05, 0) is 90.0 Å². The highest BCUT2D eigenvalue weighted by Gasteiger charge is 2.34. The van der Waals surface area contributed by atoms with Crippen LogP contribution in [0.2, 0.25) is 5.02 Å². The fraction of sp³-hybridized carbons (Fsp3) is 0.310. The number of benzene rings is 3. The van der Waals surface area contributed by atoms with E-state index in [4.69, 9.17) is 28.1 Å². The van der Waals surface area contributed by atoms with Gasteiger partial charge in [0.15, 0.2) is 0 Å². The Morgan fingerprint density at radius 3 is 2.41 bits per heavy atom. The van der Waals surface area contributed by atoms with Crippen LogP contribution in [0.4, 0.5) is 0 Å². The Hall–Kier alpha value is -5.65. The van der Waals surface area contributed by atoms with Gasteiger partial charge in [0.2, 0.25) is 23.5 Å². The molecule has 3 amide bonds. The summed E-state index contributed by atoms with van der Waals surface area (Å²) < 4.78 is 0. The van der Waals surface area contributed by atoms with E-state index in [2.05, 4.69) is 41.6 Å². The topological polar surface area (TPSA) is 226 Å². The number of aromatic amines is 2. The number of H-pyrrole nitrogens is 2. The predicted molar refractivity (Wildman–Crippen MR) is 228 cm³/mol. The van der Waals surface area contributed by atoms with E-state index >= 15 is 0 Å². The van der Waals surface area contributed by atoms with Gasteiger partial charge in [-0.15, -0.1) is 10.2 Å². The molecule has 1 aliphatic heterocycles. The van der Waals surface area contributed by atoms with Gasteiger partial charge in [0, 0.05) is 60.3 Å². The Morgan fingerprint density at radius 2 is 1.64 bits per heavy atom. The molecule has 59 heavy (non-hydrogen) atoms. The molecule has 0 unspecified atom stereocenters. The molecule has 0 saturated heterocycles. The van der Waals surface area contributed by atoms with E-state index in [0.717, 1.165) is 44.3 Å². The maximum Gasteiger partial charge on any atom is 0.245 e. The smallest absolute Gasteiger partial charge is 0.245 e. The molecule has 3 aromatic carbocycles. The molecule has 9 N–H and O–H groups in total. The first kappa shape index (κ1) is 41.5. The van der Waals surface area contributed by atoms with E-state index < -0.39 is 24.0 Å². The van der Waals surface area contributed by atoms with E-state index in [9.17, 15) is 14.4 Å². The molecule has 0 radical (unpaired) electrons. The number of nitrogens with one attached hydrogen (secondary N) is 5. The highest BCUT2D eigenvalue weighted by atomic mass is 35.5. The molecule has 1 aliphatic rings. The van der Waals surface area contributed by atoms with Crippen molar-refractivity contribution >= 4 is 52.0 Å². The maximum atomic E-state index is 14.7. The third-order valence-corrected chi connectivity index (χ3v) is 12.2. The van der Waals surface area contributed by atoms with E-state index in [1.54, 1.807) is 13.2 Å². The Labute approximate surface area is 350 Å². The van der Waals surface area contributed by atoms with Gasteiger partial charge in [0.25, 0.3) is 0 Å². The number of hydrogen-bond donors (Lipinski definition) is 7. The number of fused-ring (bicyclic) bond motifs is 3. The maximum absolute atomic E-state index is 14.7. The van der Waals surface area contributed by atoms with Crippen LogP contribution in [-0.4, -0.2) is 91.5 Å². The Morgan fingerprint density at radius 1 is 0.881 bits per heavy atom. The molecule has 0 bridgehead atoms. The van der Waals surface area contributed by atoms with Gasteiger partial charge in [-0.3, -0.25) is 14.4 Å². The van der Waals surface area contributed by atoms with Crippen LogP contribution >= 0.6 is 23.4 Å². The molecule has 15 nitrogen and oxygen atoms in total. The second-order valence-electron chi connectivity index (χ2n) is 14.4. The molecular weight excluding hydrogens is 788 g/mol. The molecular formula is C42H47ClN12O3S. The fourth-order valence-electron chi connectivity index (χ4n) is 7.33. The van der Waals surface area contributed by atoms with Crippen molar-refractivity contribution in [1.29, 1.82) is 0 Å². The number of para-hydroxylation sites is 1. The average molecular weight is 835 g/mol. The van der Waals surface area contributed by atoms with E-state index in [-0.39, 0.29) is 24.8 Å². The fourth-order valence-corrected chi connectivity index (χ4v) is 8.67. The standard InChI is InChI=1S/C42H47ClN12O3S/c1-55-36(21-28-23-47-33-9-3-2-8-30(28)33)40(57)49-24-31-29(25-12-14-26(15-13-25)38-51-53-54-52-38)16-17-32(43)37(31)59-41-27(7-6-20-46-41)22-48-34(10-4-18-44)39(56)50-35(42(55)58)11-5-19-45/h2-3,6-9,12-17,20,23,34-36,47-48H,4-5,10-11,18-19,21-22,24,44-45H2,1H3,(H,49,57)(H,50,56)(H,51,52,53,54)/t34-,35-,36-/m0/s1. The molecule has 0 spiro atoms. The highest BCUT2D eigenvalue weighted by Crippen LogP contribution is 2.41. The number of amides is 3. The number of carbonyl (C=O) groups excluding carboxylic acids is 3. The van der Waals surface area contributed by atoms with Crippen LogP contribution in [0.1, 0.15) is 42.4 Å². The van der Waals surface area contributed by atoms with E-state index in [1.165, 1.54) is 16.7 Å². The minimum absolute atomic E-state index is 0.0744. The third-order valence-electron chi connectivity index (χ3n) is 10.6. The molecule has 6 aromatic rings. The van der Waals surface area contributed by atoms with Crippen molar-refractivity contribution in [2.24, 2.45) is 11.5 Å². The first-order chi connectivity index (χ1) is 28.7. The molecule has 3 atom stereocenters. The number of nitrogens with zero attached hydrogens (tertiary/aromatic N) is 5. The lowest BCUT2D eigenvalue weighted by Crippen LogP contribution is -2.57. The molecule has 3 aromatic heterocycles. The zero-order chi connectivity index (χ0) is 41.3. The first-order valence-electron chi connectivity index (χ1n) is 19.6. The first-order valence-corrected chi connectivity index (χ1v) is 20.8. The number of pyridine rings is 1. The zero-order valence-corrected chi connectivity index (χ0v) is 34.2. The van der Waals surface area contributed by atoms with Gasteiger partial charge in [-0.2, -0.15) is 5.21 Å². The molecule has 7 rings (SSSR count). The van der Waals surface area contributed by atoms with Gasteiger partial charge < -0.3 is 37.3 Å². The van der Waals surface area contributed by atoms with Gasteiger partial charge in [-0.1, -0.05) is 78.0 Å². The molecule has 4 heterocycles. The minimum Gasteiger partial charge on any atom is -0.361 e. The number of nitrogens with two attached hydrogens (primary N) is 2. The van der Waals surface area contributed by atoms with Crippen molar-refractivity contribution in [3.8, 4) is 22.5 Å².